The number of hydrogen-bond acceptors (Lipinski definition) is 4. The Morgan fingerprint density at radius 1 is 0.397 bits per heavy atom. The Labute approximate surface area is 335 Å². The molecule has 12 rings (SSSR count). The largest absolute Gasteiger partial charge is 0.456 e. The van der Waals surface area contributed by atoms with E-state index in [2.05, 4.69) is 153 Å². The molecule has 0 aliphatic heterocycles. The van der Waals surface area contributed by atoms with Crippen LogP contribution in [0.1, 0.15) is 25.0 Å². The third-order valence-corrected chi connectivity index (χ3v) is 12.3. The van der Waals surface area contributed by atoms with Gasteiger partial charge in [-0.05, 0) is 90.0 Å². The van der Waals surface area contributed by atoms with E-state index in [0.717, 1.165) is 55.1 Å². The predicted molar refractivity (Wildman–Crippen MR) is 239 cm³/mol. The molecule has 4 nitrogen and oxygen atoms in total. The number of furan rings is 1. The van der Waals surface area contributed by atoms with Gasteiger partial charge in [0, 0.05) is 32.9 Å². The van der Waals surface area contributed by atoms with E-state index < -0.39 is 0 Å². The second-order valence-electron chi connectivity index (χ2n) is 15.9. The Balaban J connectivity index is 1.09. The summed E-state index contributed by atoms with van der Waals surface area (Å²) in [5.74, 6) is 1.83. The molecule has 0 saturated carbocycles. The third kappa shape index (κ3) is 4.78. The molecule has 4 heteroatoms. The Morgan fingerprint density at radius 3 is 1.88 bits per heavy atom. The predicted octanol–water partition coefficient (Wildman–Crippen LogP) is 14.2. The van der Waals surface area contributed by atoms with Crippen molar-refractivity contribution in [2.24, 2.45) is 0 Å². The maximum absolute atomic E-state index is 6.31. The van der Waals surface area contributed by atoms with Crippen LogP contribution in [0.3, 0.4) is 0 Å². The highest BCUT2D eigenvalue weighted by Gasteiger charge is 2.38. The molecule has 2 aromatic heterocycles. The molecule has 272 valence electrons. The van der Waals surface area contributed by atoms with E-state index in [1.54, 1.807) is 0 Å². The van der Waals surface area contributed by atoms with Crippen molar-refractivity contribution in [2.75, 3.05) is 0 Å². The summed E-state index contributed by atoms with van der Waals surface area (Å²) in [5, 5.41) is 9.54. The van der Waals surface area contributed by atoms with Crippen LogP contribution >= 0.6 is 0 Å². The van der Waals surface area contributed by atoms with Crippen molar-refractivity contribution in [1.29, 1.82) is 0 Å². The van der Waals surface area contributed by atoms with Crippen molar-refractivity contribution in [3.05, 3.63) is 187 Å². The molecule has 11 aromatic rings. The molecule has 0 spiro atoms. The smallest absolute Gasteiger partial charge is 0.164 e. The van der Waals surface area contributed by atoms with Crippen molar-refractivity contribution in [1.82, 2.24) is 15.0 Å². The van der Waals surface area contributed by atoms with Crippen LogP contribution < -0.4 is 0 Å². The molecule has 0 amide bonds. The second kappa shape index (κ2) is 12.3. The summed E-state index contributed by atoms with van der Waals surface area (Å²) in [6.45, 7) is 4.75. The molecule has 0 atom stereocenters. The number of rotatable bonds is 4. The monoisotopic (exact) mass is 741 g/mol. The molecule has 0 radical (unpaired) electrons. The van der Waals surface area contributed by atoms with Gasteiger partial charge in [0.15, 0.2) is 17.5 Å². The van der Waals surface area contributed by atoms with Crippen LogP contribution in [0.15, 0.2) is 180 Å². The van der Waals surface area contributed by atoms with Gasteiger partial charge in [-0.15, -0.1) is 0 Å². The zero-order chi connectivity index (χ0) is 38.5. The maximum Gasteiger partial charge on any atom is 0.164 e. The van der Waals surface area contributed by atoms with E-state index in [0.29, 0.717) is 17.5 Å². The molecule has 9 aromatic carbocycles. The number of fused-ring (bicyclic) bond motifs is 13. The Bertz CT molecular complexity index is 3490. The van der Waals surface area contributed by atoms with Gasteiger partial charge in [-0.2, -0.15) is 0 Å². The van der Waals surface area contributed by atoms with Crippen molar-refractivity contribution in [3.63, 3.8) is 0 Å². The highest BCUT2D eigenvalue weighted by atomic mass is 16.3. The minimum atomic E-state index is -0.138. The molecule has 2 heterocycles. The van der Waals surface area contributed by atoms with Crippen LogP contribution in [0, 0.1) is 0 Å². The van der Waals surface area contributed by atoms with Crippen LogP contribution in [-0.2, 0) is 5.41 Å². The van der Waals surface area contributed by atoms with E-state index >= 15 is 0 Å². The van der Waals surface area contributed by atoms with Gasteiger partial charge < -0.3 is 4.42 Å². The van der Waals surface area contributed by atoms with Crippen LogP contribution in [0.4, 0.5) is 0 Å². The average Bonchev–Trinajstić information content (AvgIpc) is 3.78. The lowest BCUT2D eigenvalue weighted by atomic mass is 9.78. The average molecular weight is 742 g/mol. The van der Waals surface area contributed by atoms with Gasteiger partial charge in [-0.3, -0.25) is 0 Å². The van der Waals surface area contributed by atoms with Gasteiger partial charge in [0.2, 0.25) is 0 Å². The number of benzene rings is 9. The normalized spacial score (nSPS) is 13.1. The molecule has 0 N–H and O–H groups in total. The van der Waals surface area contributed by atoms with Crippen LogP contribution in [0.2, 0.25) is 0 Å². The summed E-state index contributed by atoms with van der Waals surface area (Å²) in [6, 6.07) is 62.3. The third-order valence-electron chi connectivity index (χ3n) is 12.3. The standard InChI is InChI=1S/C54H35N3O/c1-54(2)44-23-10-8-20-40(44)49-39-19-7-6-18-38(39)47-37-28-27-36(31-34(37)26-29-42(47)50(49)54)52-55-51(35-17-12-16-33(30-35)32-14-4-3-5-15-32)56-53(57-52)43-22-13-25-46-48(43)41-21-9-11-24-45(41)58-46/h3-31H,1-2H3. The lowest BCUT2D eigenvalue weighted by Gasteiger charge is -2.24. The summed E-state index contributed by atoms with van der Waals surface area (Å²) in [6.07, 6.45) is 0. The van der Waals surface area contributed by atoms with Crippen LogP contribution in [-0.4, -0.2) is 15.0 Å². The topological polar surface area (TPSA) is 51.8 Å². The molecular weight excluding hydrogens is 707 g/mol. The molecule has 58 heavy (non-hydrogen) atoms. The highest BCUT2D eigenvalue weighted by molar-refractivity contribution is 6.26. The quantitative estimate of drug-likeness (QED) is 0.169. The lowest BCUT2D eigenvalue weighted by molar-refractivity contribution is 0.666. The summed E-state index contributed by atoms with van der Waals surface area (Å²) in [4.78, 5) is 15.7. The fourth-order valence-electron chi connectivity index (χ4n) is 9.65. The maximum atomic E-state index is 6.31. The number of nitrogens with zero attached hydrogens (tertiary/aromatic N) is 3. The van der Waals surface area contributed by atoms with Crippen LogP contribution in [0.25, 0.3) is 111 Å². The minimum Gasteiger partial charge on any atom is -0.456 e. The van der Waals surface area contributed by atoms with Gasteiger partial charge in [-0.1, -0.05) is 166 Å². The van der Waals surface area contributed by atoms with Gasteiger partial charge in [-0.25, -0.2) is 15.0 Å². The zero-order valence-electron chi connectivity index (χ0n) is 32.0. The summed E-state index contributed by atoms with van der Waals surface area (Å²) in [5.41, 5.74) is 12.0. The molecular formula is C54H35N3O. The van der Waals surface area contributed by atoms with Crippen molar-refractivity contribution in [2.45, 2.75) is 19.3 Å². The molecule has 0 unspecified atom stereocenters. The van der Waals surface area contributed by atoms with E-state index in [4.69, 9.17) is 19.4 Å². The fourth-order valence-corrected chi connectivity index (χ4v) is 9.65. The lowest BCUT2D eigenvalue weighted by Crippen LogP contribution is -2.15. The zero-order valence-corrected chi connectivity index (χ0v) is 32.0. The van der Waals surface area contributed by atoms with Crippen molar-refractivity contribution < 1.29 is 4.42 Å². The van der Waals surface area contributed by atoms with E-state index in [9.17, 15) is 0 Å². The van der Waals surface area contributed by atoms with Crippen molar-refractivity contribution >= 4 is 54.3 Å². The van der Waals surface area contributed by atoms with Gasteiger partial charge >= 0.3 is 0 Å². The minimum absolute atomic E-state index is 0.138. The van der Waals surface area contributed by atoms with Gasteiger partial charge in [0.25, 0.3) is 0 Å². The molecule has 0 saturated heterocycles. The molecule has 0 fully saturated rings. The first-order chi connectivity index (χ1) is 28.5. The summed E-state index contributed by atoms with van der Waals surface area (Å²) in [7, 11) is 0. The second-order valence-corrected chi connectivity index (χ2v) is 15.9. The summed E-state index contributed by atoms with van der Waals surface area (Å²) < 4.78 is 6.31. The number of para-hydroxylation sites is 1. The van der Waals surface area contributed by atoms with E-state index in [1.165, 1.54) is 49.2 Å². The van der Waals surface area contributed by atoms with Gasteiger partial charge in [0.05, 0.1) is 0 Å². The molecule has 1 aliphatic carbocycles. The molecule has 1 aliphatic rings. The Morgan fingerprint density at radius 2 is 1.02 bits per heavy atom. The Kier molecular flexibility index (Phi) is 6.94. The Hall–Kier alpha value is -7.43. The van der Waals surface area contributed by atoms with Crippen LogP contribution in [0.5, 0.6) is 0 Å². The van der Waals surface area contributed by atoms with Crippen molar-refractivity contribution in [3.8, 4) is 56.4 Å². The number of aromatic nitrogens is 3. The SMILES string of the molecule is CC1(C)c2ccccc2-c2c1c1ccc3cc(-c4nc(-c5cccc(-c6ccccc6)c5)nc(-c5cccc6oc7ccccc7c56)n4)ccc3c1c1ccccc21. The van der Waals surface area contributed by atoms with E-state index in [-0.39, 0.29) is 5.41 Å². The highest BCUT2D eigenvalue weighted by Crippen LogP contribution is 2.55. The van der Waals surface area contributed by atoms with Gasteiger partial charge in [0.1, 0.15) is 11.2 Å². The summed E-state index contributed by atoms with van der Waals surface area (Å²) >= 11 is 0. The first kappa shape index (κ1) is 32.8. The first-order valence-electron chi connectivity index (χ1n) is 19.9. The fraction of sp³-hybridized carbons (Fsp3) is 0.0556. The first-order valence-corrected chi connectivity index (χ1v) is 19.9. The van der Waals surface area contributed by atoms with E-state index in [1.807, 2.05) is 36.4 Å². The molecule has 0 bridgehead atoms. The number of hydrogen-bond donors (Lipinski definition) is 0.